The Balaban J connectivity index is 2.63. The van der Waals surface area contributed by atoms with E-state index in [2.05, 4.69) is 0 Å². The van der Waals surface area contributed by atoms with E-state index >= 15 is 0 Å². The molecule has 1 aromatic heterocycles. The number of aromatic carboxylic acids is 1. The second kappa shape index (κ2) is 3.65. The molecule has 1 aromatic carbocycles. The molecule has 0 saturated heterocycles. The zero-order chi connectivity index (χ0) is 10.8. The smallest absolute Gasteiger partial charge is 0.339 e. The van der Waals surface area contributed by atoms with Crippen LogP contribution >= 0.6 is 0 Å². The second-order valence-electron chi connectivity index (χ2n) is 3.02. The van der Waals surface area contributed by atoms with Gasteiger partial charge in [0.05, 0.1) is 6.61 Å². The molecule has 2 rings (SSSR count). The highest BCUT2D eigenvalue weighted by Crippen LogP contribution is 2.29. The van der Waals surface area contributed by atoms with Gasteiger partial charge in [0, 0.05) is 5.39 Å². The standard InChI is InChI=1S/C11H10O4/c1-2-14-9-5-3-4-7-8(11(12)13)6-15-10(7)9/h3-6H,2H2,1H3,(H,12,13). The Labute approximate surface area is 86.1 Å². The molecule has 0 spiro atoms. The van der Waals surface area contributed by atoms with Gasteiger partial charge in [0.1, 0.15) is 11.8 Å². The van der Waals surface area contributed by atoms with Gasteiger partial charge in [-0.05, 0) is 19.1 Å². The summed E-state index contributed by atoms with van der Waals surface area (Å²) in [6, 6.07) is 5.20. The zero-order valence-corrected chi connectivity index (χ0v) is 8.19. The van der Waals surface area contributed by atoms with E-state index in [1.54, 1.807) is 18.2 Å². The predicted octanol–water partition coefficient (Wildman–Crippen LogP) is 2.53. The Morgan fingerprint density at radius 3 is 3.00 bits per heavy atom. The fraction of sp³-hybridized carbons (Fsp3) is 0.182. The van der Waals surface area contributed by atoms with Gasteiger partial charge in [-0.15, -0.1) is 0 Å². The number of para-hydroxylation sites is 1. The van der Waals surface area contributed by atoms with E-state index < -0.39 is 5.97 Å². The lowest BCUT2D eigenvalue weighted by Crippen LogP contribution is -1.94. The molecule has 0 saturated carbocycles. The topological polar surface area (TPSA) is 59.7 Å². The number of furan rings is 1. The summed E-state index contributed by atoms with van der Waals surface area (Å²) in [6.45, 7) is 2.38. The van der Waals surface area contributed by atoms with Gasteiger partial charge < -0.3 is 14.3 Å². The van der Waals surface area contributed by atoms with Crippen LogP contribution in [0.3, 0.4) is 0 Å². The summed E-state index contributed by atoms with van der Waals surface area (Å²) >= 11 is 0. The van der Waals surface area contributed by atoms with E-state index in [-0.39, 0.29) is 5.56 Å². The third-order valence-corrected chi connectivity index (χ3v) is 2.09. The normalized spacial score (nSPS) is 10.5. The van der Waals surface area contributed by atoms with Crippen LogP contribution < -0.4 is 4.74 Å². The van der Waals surface area contributed by atoms with Crippen molar-refractivity contribution in [2.45, 2.75) is 6.92 Å². The number of carboxylic acids is 1. The molecule has 0 aliphatic carbocycles. The highest BCUT2D eigenvalue weighted by molar-refractivity contribution is 6.03. The van der Waals surface area contributed by atoms with Crippen molar-refractivity contribution in [2.75, 3.05) is 6.61 Å². The van der Waals surface area contributed by atoms with Gasteiger partial charge in [-0.3, -0.25) is 0 Å². The van der Waals surface area contributed by atoms with E-state index in [0.717, 1.165) is 0 Å². The lowest BCUT2D eigenvalue weighted by atomic mass is 10.2. The quantitative estimate of drug-likeness (QED) is 0.838. The van der Waals surface area contributed by atoms with E-state index in [0.29, 0.717) is 23.3 Å². The van der Waals surface area contributed by atoms with Crippen molar-refractivity contribution < 1.29 is 19.1 Å². The fourth-order valence-corrected chi connectivity index (χ4v) is 1.47. The Morgan fingerprint density at radius 2 is 2.33 bits per heavy atom. The van der Waals surface area contributed by atoms with Crippen LogP contribution in [0.5, 0.6) is 5.75 Å². The molecular weight excluding hydrogens is 196 g/mol. The van der Waals surface area contributed by atoms with E-state index in [9.17, 15) is 4.79 Å². The number of carboxylic acid groups (broad SMARTS) is 1. The molecule has 15 heavy (non-hydrogen) atoms. The molecule has 4 nitrogen and oxygen atoms in total. The van der Waals surface area contributed by atoms with Gasteiger partial charge in [0.15, 0.2) is 11.3 Å². The molecule has 0 aliphatic rings. The van der Waals surface area contributed by atoms with Gasteiger partial charge >= 0.3 is 5.97 Å². The van der Waals surface area contributed by atoms with Crippen molar-refractivity contribution >= 4 is 16.9 Å². The predicted molar refractivity (Wildman–Crippen MR) is 54.3 cm³/mol. The van der Waals surface area contributed by atoms with Crippen molar-refractivity contribution in [2.24, 2.45) is 0 Å². The first-order chi connectivity index (χ1) is 7.24. The van der Waals surface area contributed by atoms with Crippen LogP contribution in [0.25, 0.3) is 11.0 Å². The maximum atomic E-state index is 10.8. The van der Waals surface area contributed by atoms with E-state index in [4.69, 9.17) is 14.3 Å². The van der Waals surface area contributed by atoms with Gasteiger partial charge in [-0.2, -0.15) is 0 Å². The highest BCUT2D eigenvalue weighted by Gasteiger charge is 2.14. The molecule has 1 N–H and O–H groups in total. The number of hydrogen-bond donors (Lipinski definition) is 1. The number of fused-ring (bicyclic) bond motifs is 1. The summed E-state index contributed by atoms with van der Waals surface area (Å²) in [7, 11) is 0. The highest BCUT2D eigenvalue weighted by atomic mass is 16.5. The van der Waals surface area contributed by atoms with Crippen molar-refractivity contribution in [1.29, 1.82) is 0 Å². The lowest BCUT2D eigenvalue weighted by molar-refractivity contribution is 0.0698. The summed E-state index contributed by atoms with van der Waals surface area (Å²) < 4.78 is 10.5. The molecule has 0 radical (unpaired) electrons. The van der Waals surface area contributed by atoms with Crippen molar-refractivity contribution in [1.82, 2.24) is 0 Å². The minimum absolute atomic E-state index is 0.159. The number of carbonyl (C=O) groups is 1. The lowest BCUT2D eigenvalue weighted by Gasteiger charge is -2.02. The first-order valence-corrected chi connectivity index (χ1v) is 4.60. The molecule has 78 valence electrons. The molecule has 2 aromatic rings. The molecule has 0 fully saturated rings. The van der Waals surface area contributed by atoms with Crippen LogP contribution in [0, 0.1) is 0 Å². The maximum absolute atomic E-state index is 10.8. The number of hydrogen-bond acceptors (Lipinski definition) is 3. The maximum Gasteiger partial charge on any atom is 0.339 e. The third kappa shape index (κ3) is 1.54. The Hall–Kier alpha value is -1.97. The first-order valence-electron chi connectivity index (χ1n) is 4.60. The Bertz CT molecular complexity index is 498. The summed E-state index contributed by atoms with van der Waals surface area (Å²) in [5.41, 5.74) is 0.642. The minimum Gasteiger partial charge on any atom is -0.490 e. The van der Waals surface area contributed by atoms with E-state index in [1.807, 2.05) is 6.92 Å². The molecule has 1 heterocycles. The van der Waals surface area contributed by atoms with Crippen LogP contribution in [0.2, 0.25) is 0 Å². The molecule has 0 amide bonds. The molecule has 0 aliphatic heterocycles. The van der Waals surface area contributed by atoms with Gasteiger partial charge in [0.25, 0.3) is 0 Å². The molecule has 0 unspecified atom stereocenters. The summed E-state index contributed by atoms with van der Waals surface area (Å²) in [4.78, 5) is 10.8. The number of ether oxygens (including phenoxy) is 1. The van der Waals surface area contributed by atoms with Gasteiger partial charge in [-0.1, -0.05) is 6.07 Å². The van der Waals surface area contributed by atoms with Crippen LogP contribution in [0.1, 0.15) is 17.3 Å². The summed E-state index contributed by atoms with van der Waals surface area (Å²) in [6.07, 6.45) is 1.23. The van der Waals surface area contributed by atoms with Gasteiger partial charge in [-0.25, -0.2) is 4.79 Å². The monoisotopic (exact) mass is 206 g/mol. The third-order valence-electron chi connectivity index (χ3n) is 2.09. The zero-order valence-electron chi connectivity index (χ0n) is 8.19. The van der Waals surface area contributed by atoms with Crippen LogP contribution in [-0.2, 0) is 0 Å². The van der Waals surface area contributed by atoms with Crippen LogP contribution in [0.15, 0.2) is 28.9 Å². The summed E-state index contributed by atoms with van der Waals surface area (Å²) in [5.74, 6) is -0.426. The minimum atomic E-state index is -0.998. The second-order valence-corrected chi connectivity index (χ2v) is 3.02. The van der Waals surface area contributed by atoms with Crippen molar-refractivity contribution in [3.05, 3.63) is 30.0 Å². The molecular formula is C11H10O4. The Morgan fingerprint density at radius 1 is 1.53 bits per heavy atom. The van der Waals surface area contributed by atoms with Crippen LogP contribution in [-0.4, -0.2) is 17.7 Å². The Kier molecular flexibility index (Phi) is 2.33. The van der Waals surface area contributed by atoms with Gasteiger partial charge in [0.2, 0.25) is 0 Å². The SMILES string of the molecule is CCOc1cccc2c(C(=O)O)coc12. The molecule has 0 bridgehead atoms. The average Bonchev–Trinajstić information content (AvgIpc) is 2.62. The number of benzene rings is 1. The summed E-state index contributed by atoms with van der Waals surface area (Å²) in [5, 5.41) is 9.46. The molecule has 4 heteroatoms. The average molecular weight is 206 g/mol. The van der Waals surface area contributed by atoms with E-state index in [1.165, 1.54) is 6.26 Å². The van der Waals surface area contributed by atoms with Crippen molar-refractivity contribution in [3.8, 4) is 5.75 Å². The number of rotatable bonds is 3. The van der Waals surface area contributed by atoms with Crippen molar-refractivity contribution in [3.63, 3.8) is 0 Å². The molecule has 0 atom stereocenters. The van der Waals surface area contributed by atoms with Crippen LogP contribution in [0.4, 0.5) is 0 Å². The fourth-order valence-electron chi connectivity index (χ4n) is 1.47. The first kappa shape index (κ1) is 9.58. The largest absolute Gasteiger partial charge is 0.490 e.